The van der Waals surface area contributed by atoms with E-state index in [1.54, 1.807) is 55.5 Å². The van der Waals surface area contributed by atoms with Gasteiger partial charge in [0.15, 0.2) is 5.11 Å². The van der Waals surface area contributed by atoms with E-state index in [-0.39, 0.29) is 24.8 Å². The number of morpholine rings is 1. The molecule has 37 heavy (non-hydrogen) atoms. The summed E-state index contributed by atoms with van der Waals surface area (Å²) >= 11 is 11.7. The number of nitrogens with zero attached hydrogens (tertiary/aromatic N) is 3. The van der Waals surface area contributed by atoms with E-state index in [1.807, 2.05) is 4.90 Å². The van der Waals surface area contributed by atoms with Crippen LogP contribution >= 0.6 is 23.8 Å². The van der Waals surface area contributed by atoms with Gasteiger partial charge in [-0.1, -0.05) is 11.6 Å². The van der Waals surface area contributed by atoms with Crippen LogP contribution in [0.3, 0.4) is 0 Å². The molecule has 2 saturated heterocycles. The number of thiocarbonyl (C=S) groups is 1. The summed E-state index contributed by atoms with van der Waals surface area (Å²) in [6.45, 7) is 6.10. The van der Waals surface area contributed by atoms with Crippen LogP contribution in [0.5, 0.6) is 0 Å². The van der Waals surface area contributed by atoms with Crippen LogP contribution in [0.25, 0.3) is 0 Å². The molecule has 1 atom stereocenters. The van der Waals surface area contributed by atoms with Gasteiger partial charge in [0.25, 0.3) is 5.91 Å². The largest absolute Gasteiger partial charge is 0.462 e. The predicted molar refractivity (Wildman–Crippen MR) is 145 cm³/mol. The summed E-state index contributed by atoms with van der Waals surface area (Å²) < 4.78 is 10.5. The van der Waals surface area contributed by atoms with Crippen LogP contribution in [0, 0.1) is 0 Å². The summed E-state index contributed by atoms with van der Waals surface area (Å²) in [6, 6.07) is 12.5. The molecule has 2 aromatic carbocycles. The summed E-state index contributed by atoms with van der Waals surface area (Å²) in [7, 11) is 0. The molecule has 0 bridgehead atoms. The third-order valence-corrected chi connectivity index (χ3v) is 6.89. The van der Waals surface area contributed by atoms with Gasteiger partial charge in [0.05, 0.1) is 37.5 Å². The molecule has 0 aromatic heterocycles. The highest BCUT2D eigenvalue weighted by atomic mass is 35.5. The van der Waals surface area contributed by atoms with Crippen LogP contribution in [0.2, 0.25) is 5.02 Å². The molecule has 11 heteroatoms. The molecule has 0 saturated carbocycles. The number of carbonyl (C=O) groups excluding carboxylic acids is 3. The average molecular weight is 545 g/mol. The maximum absolute atomic E-state index is 13.6. The highest BCUT2D eigenvalue weighted by Gasteiger charge is 2.44. The standard InChI is InChI=1S/C26H29ClN4O5S/c1-2-36-25(34)18-3-9-21(10-4-18)31-24(33)22(17-23(32)28-20-7-5-19(27)6-8-20)30(26(31)37)12-11-29-13-15-35-16-14-29/h3-10,22H,2,11-17H2,1H3,(H,28,32)/t22-/m1/s1. The number of hydrogen-bond acceptors (Lipinski definition) is 7. The molecule has 9 nitrogen and oxygen atoms in total. The SMILES string of the molecule is CCOC(=O)c1ccc(N2C(=O)[C@@H](CC(=O)Nc3ccc(Cl)cc3)N(CCN3CCOCC3)C2=S)cc1. The van der Waals surface area contributed by atoms with Gasteiger partial charge in [0, 0.05) is 36.9 Å². The lowest BCUT2D eigenvalue weighted by atomic mass is 10.1. The summed E-state index contributed by atoms with van der Waals surface area (Å²) in [4.78, 5) is 44.1. The minimum atomic E-state index is -0.759. The Morgan fingerprint density at radius 3 is 2.41 bits per heavy atom. The first-order valence-electron chi connectivity index (χ1n) is 12.1. The van der Waals surface area contributed by atoms with Gasteiger partial charge in [0.1, 0.15) is 6.04 Å². The van der Waals surface area contributed by atoms with E-state index in [0.717, 1.165) is 13.1 Å². The molecule has 4 rings (SSSR count). The Kier molecular flexibility index (Phi) is 9.09. The van der Waals surface area contributed by atoms with Crippen LogP contribution in [-0.2, 0) is 19.1 Å². The molecule has 2 aromatic rings. The molecule has 0 radical (unpaired) electrons. The Balaban J connectivity index is 1.52. The highest BCUT2D eigenvalue weighted by molar-refractivity contribution is 7.80. The fourth-order valence-corrected chi connectivity index (χ4v) is 4.82. The summed E-state index contributed by atoms with van der Waals surface area (Å²) in [6.07, 6.45) is -0.0673. The van der Waals surface area contributed by atoms with E-state index < -0.39 is 12.0 Å². The van der Waals surface area contributed by atoms with Crippen molar-refractivity contribution in [2.75, 3.05) is 56.2 Å². The Morgan fingerprint density at radius 1 is 1.08 bits per heavy atom. The second kappa shape index (κ2) is 12.5. The van der Waals surface area contributed by atoms with Gasteiger partial charge in [-0.2, -0.15) is 0 Å². The highest BCUT2D eigenvalue weighted by Crippen LogP contribution is 2.28. The minimum Gasteiger partial charge on any atom is -0.462 e. The van der Waals surface area contributed by atoms with E-state index in [1.165, 1.54) is 4.90 Å². The number of amides is 2. The number of halogens is 1. The number of rotatable bonds is 9. The van der Waals surface area contributed by atoms with Crippen molar-refractivity contribution in [2.45, 2.75) is 19.4 Å². The van der Waals surface area contributed by atoms with Gasteiger partial charge in [-0.3, -0.25) is 19.4 Å². The Labute approximate surface area is 226 Å². The Morgan fingerprint density at radius 2 is 1.76 bits per heavy atom. The van der Waals surface area contributed by atoms with Gasteiger partial charge in [-0.15, -0.1) is 0 Å². The first-order chi connectivity index (χ1) is 17.9. The molecular weight excluding hydrogens is 516 g/mol. The Hall–Kier alpha value is -3.05. The molecule has 0 unspecified atom stereocenters. The maximum atomic E-state index is 13.6. The third kappa shape index (κ3) is 6.64. The molecule has 2 fully saturated rings. The first kappa shape index (κ1) is 27.0. The van der Waals surface area contributed by atoms with Gasteiger partial charge in [0.2, 0.25) is 5.91 Å². The molecule has 196 valence electrons. The van der Waals surface area contributed by atoms with Crippen molar-refractivity contribution in [3.63, 3.8) is 0 Å². The second-order valence-electron chi connectivity index (χ2n) is 8.65. The van der Waals surface area contributed by atoms with Crippen molar-refractivity contribution in [3.8, 4) is 0 Å². The summed E-state index contributed by atoms with van der Waals surface area (Å²) in [5, 5.41) is 3.72. The molecular formula is C26H29ClN4O5S. The zero-order valence-electron chi connectivity index (χ0n) is 20.5. The lowest BCUT2D eigenvalue weighted by molar-refractivity contribution is -0.124. The van der Waals surface area contributed by atoms with E-state index in [9.17, 15) is 14.4 Å². The number of benzene rings is 2. The zero-order valence-corrected chi connectivity index (χ0v) is 22.1. The molecule has 2 amide bonds. The normalized spacial score (nSPS) is 18.3. The van der Waals surface area contributed by atoms with Crippen LogP contribution < -0.4 is 10.2 Å². The second-order valence-corrected chi connectivity index (χ2v) is 9.45. The number of esters is 1. The predicted octanol–water partition coefficient (Wildman–Crippen LogP) is 3.18. The van der Waals surface area contributed by atoms with Crippen molar-refractivity contribution in [3.05, 3.63) is 59.1 Å². The minimum absolute atomic E-state index is 0.0673. The lowest BCUT2D eigenvalue weighted by Gasteiger charge is -2.30. The van der Waals surface area contributed by atoms with Gasteiger partial charge < -0.3 is 19.7 Å². The van der Waals surface area contributed by atoms with E-state index in [2.05, 4.69) is 10.2 Å². The number of ether oxygens (including phenoxy) is 2. The number of carbonyl (C=O) groups is 3. The van der Waals surface area contributed by atoms with Gasteiger partial charge >= 0.3 is 5.97 Å². The first-order valence-corrected chi connectivity index (χ1v) is 12.9. The smallest absolute Gasteiger partial charge is 0.338 e. The fourth-order valence-electron chi connectivity index (χ4n) is 4.28. The van der Waals surface area contributed by atoms with Gasteiger partial charge in [-0.05, 0) is 67.7 Å². The molecule has 2 aliphatic heterocycles. The Bertz CT molecular complexity index is 1140. The maximum Gasteiger partial charge on any atom is 0.338 e. The molecule has 0 spiro atoms. The quantitative estimate of drug-likeness (QED) is 0.380. The van der Waals surface area contributed by atoms with E-state index >= 15 is 0 Å². The molecule has 2 heterocycles. The van der Waals surface area contributed by atoms with Crippen LogP contribution in [-0.4, -0.2) is 84.7 Å². The summed E-state index contributed by atoms with van der Waals surface area (Å²) in [5.41, 5.74) is 1.50. The summed E-state index contributed by atoms with van der Waals surface area (Å²) in [5.74, 6) is -1.03. The van der Waals surface area contributed by atoms with Crippen molar-refractivity contribution < 1.29 is 23.9 Å². The van der Waals surface area contributed by atoms with Crippen LogP contribution in [0.15, 0.2) is 48.5 Å². The zero-order chi connectivity index (χ0) is 26.4. The number of nitrogens with one attached hydrogen (secondary N) is 1. The monoisotopic (exact) mass is 544 g/mol. The van der Waals surface area contributed by atoms with Crippen LogP contribution in [0.4, 0.5) is 11.4 Å². The number of anilines is 2. The molecule has 1 N–H and O–H groups in total. The number of hydrogen-bond donors (Lipinski definition) is 1. The van der Waals surface area contributed by atoms with E-state index in [4.69, 9.17) is 33.3 Å². The van der Waals surface area contributed by atoms with Crippen molar-refractivity contribution in [1.82, 2.24) is 9.80 Å². The topological polar surface area (TPSA) is 91.4 Å². The van der Waals surface area contributed by atoms with E-state index in [0.29, 0.717) is 53.4 Å². The molecule has 0 aliphatic carbocycles. The average Bonchev–Trinajstić information content (AvgIpc) is 3.13. The van der Waals surface area contributed by atoms with Crippen molar-refractivity contribution >= 4 is 58.1 Å². The molecule has 2 aliphatic rings. The lowest BCUT2D eigenvalue weighted by Crippen LogP contribution is -2.45. The fraction of sp³-hybridized carbons (Fsp3) is 0.385. The van der Waals surface area contributed by atoms with Gasteiger partial charge in [-0.25, -0.2) is 4.79 Å². The third-order valence-electron chi connectivity index (χ3n) is 6.22. The van der Waals surface area contributed by atoms with Crippen LogP contribution in [0.1, 0.15) is 23.7 Å². The van der Waals surface area contributed by atoms with Crippen molar-refractivity contribution in [1.29, 1.82) is 0 Å². The van der Waals surface area contributed by atoms with Crippen molar-refractivity contribution in [2.24, 2.45) is 0 Å².